The Labute approximate surface area is 149 Å². The zero-order valence-electron chi connectivity index (χ0n) is 15.1. The second-order valence-electron chi connectivity index (χ2n) is 6.20. The number of benzene rings is 2. The first-order valence-corrected chi connectivity index (χ1v) is 8.73. The number of hydrogen-bond acceptors (Lipinski definition) is 4. The van der Waals surface area contributed by atoms with E-state index in [1.54, 1.807) is 14.2 Å². The maximum absolute atomic E-state index is 6.44. The smallest absolute Gasteiger partial charge is 0.185 e. The molecule has 4 heteroatoms. The van der Waals surface area contributed by atoms with Crippen LogP contribution in [0, 0.1) is 0 Å². The van der Waals surface area contributed by atoms with Crippen molar-refractivity contribution in [1.29, 1.82) is 0 Å². The Bertz CT molecular complexity index is 672. The molecule has 4 nitrogen and oxygen atoms in total. The normalized spacial score (nSPS) is 15.4. The molecular weight excluding hydrogens is 314 g/mol. The van der Waals surface area contributed by atoms with Gasteiger partial charge in [0.05, 0.1) is 20.8 Å². The van der Waals surface area contributed by atoms with Crippen LogP contribution in [0.5, 0.6) is 11.5 Å². The molecule has 132 valence electrons. The van der Waals surface area contributed by atoms with Crippen LogP contribution in [0.2, 0.25) is 0 Å². The van der Waals surface area contributed by atoms with E-state index < -0.39 is 5.60 Å². The van der Waals surface area contributed by atoms with Gasteiger partial charge in [0.2, 0.25) is 0 Å². The monoisotopic (exact) mass is 339 g/mol. The molecule has 2 aromatic rings. The summed E-state index contributed by atoms with van der Waals surface area (Å²) in [5, 5.41) is 0. The van der Waals surface area contributed by atoms with Crippen molar-refractivity contribution in [3.63, 3.8) is 0 Å². The maximum atomic E-state index is 6.44. The molecule has 0 radical (unpaired) electrons. The molecule has 0 bridgehead atoms. The van der Waals surface area contributed by atoms with Crippen molar-refractivity contribution in [3.8, 4) is 11.5 Å². The van der Waals surface area contributed by atoms with E-state index in [0.717, 1.165) is 47.8 Å². The van der Waals surface area contributed by atoms with Gasteiger partial charge in [0.15, 0.2) is 11.5 Å². The number of methoxy groups -OCH3 is 2. The molecule has 0 spiro atoms. The highest BCUT2D eigenvalue weighted by molar-refractivity contribution is 5.79. The summed E-state index contributed by atoms with van der Waals surface area (Å²) < 4.78 is 17.0. The predicted molar refractivity (Wildman–Crippen MR) is 99.7 cm³/mol. The second kappa shape index (κ2) is 7.60. The number of aliphatic imine (C=N–C) groups is 1. The largest absolute Gasteiger partial charge is 0.497 e. The number of rotatable bonds is 7. The van der Waals surface area contributed by atoms with Gasteiger partial charge in [-0.05, 0) is 30.7 Å². The SMILES string of the molecule is CCCCC1=NCC(c2ccc(OC)cc2)(c2ccc(OC)cc2)O1. The van der Waals surface area contributed by atoms with Crippen molar-refractivity contribution in [3.05, 3.63) is 59.7 Å². The first-order chi connectivity index (χ1) is 12.2. The summed E-state index contributed by atoms with van der Waals surface area (Å²) in [6.45, 7) is 2.76. The van der Waals surface area contributed by atoms with Crippen molar-refractivity contribution in [2.45, 2.75) is 31.8 Å². The average Bonchev–Trinajstić information content (AvgIpc) is 3.12. The van der Waals surface area contributed by atoms with Crippen LogP contribution >= 0.6 is 0 Å². The number of hydrogen-bond donors (Lipinski definition) is 0. The summed E-state index contributed by atoms with van der Waals surface area (Å²) in [6, 6.07) is 16.1. The van der Waals surface area contributed by atoms with E-state index in [4.69, 9.17) is 19.2 Å². The van der Waals surface area contributed by atoms with E-state index in [1.165, 1.54) is 0 Å². The van der Waals surface area contributed by atoms with Gasteiger partial charge >= 0.3 is 0 Å². The second-order valence-corrected chi connectivity index (χ2v) is 6.20. The van der Waals surface area contributed by atoms with Crippen molar-refractivity contribution in [2.24, 2.45) is 4.99 Å². The molecule has 0 atom stereocenters. The number of unbranched alkanes of at least 4 members (excludes halogenated alkanes) is 1. The molecule has 1 aliphatic rings. The molecule has 0 amide bonds. The van der Waals surface area contributed by atoms with Gasteiger partial charge in [0.1, 0.15) is 11.5 Å². The Kier molecular flexibility index (Phi) is 5.27. The van der Waals surface area contributed by atoms with Crippen LogP contribution in [0.4, 0.5) is 0 Å². The zero-order chi connectivity index (χ0) is 17.7. The van der Waals surface area contributed by atoms with Crippen molar-refractivity contribution < 1.29 is 14.2 Å². The molecule has 1 heterocycles. The van der Waals surface area contributed by atoms with E-state index in [0.29, 0.717) is 6.54 Å². The van der Waals surface area contributed by atoms with Crippen LogP contribution < -0.4 is 9.47 Å². The van der Waals surface area contributed by atoms with Gasteiger partial charge in [-0.25, -0.2) is 0 Å². The molecule has 0 fully saturated rings. The molecule has 0 aliphatic carbocycles. The summed E-state index contributed by atoms with van der Waals surface area (Å²) in [5.74, 6) is 2.51. The average molecular weight is 339 g/mol. The van der Waals surface area contributed by atoms with Gasteiger partial charge < -0.3 is 14.2 Å². The van der Waals surface area contributed by atoms with Gasteiger partial charge in [-0.3, -0.25) is 4.99 Å². The minimum Gasteiger partial charge on any atom is -0.497 e. The summed E-state index contributed by atoms with van der Waals surface area (Å²) in [5.41, 5.74) is 1.57. The Balaban J connectivity index is 1.96. The molecule has 0 unspecified atom stereocenters. The predicted octanol–water partition coefficient (Wildman–Crippen LogP) is 4.57. The highest BCUT2D eigenvalue weighted by atomic mass is 16.5. The van der Waals surface area contributed by atoms with Gasteiger partial charge in [-0.1, -0.05) is 37.6 Å². The van der Waals surface area contributed by atoms with Crippen molar-refractivity contribution in [2.75, 3.05) is 20.8 Å². The van der Waals surface area contributed by atoms with Crippen LogP contribution in [-0.2, 0) is 10.3 Å². The zero-order valence-corrected chi connectivity index (χ0v) is 15.1. The third-order valence-electron chi connectivity index (χ3n) is 4.63. The number of ether oxygens (including phenoxy) is 3. The molecule has 3 rings (SSSR count). The fourth-order valence-corrected chi connectivity index (χ4v) is 3.11. The molecule has 0 saturated heterocycles. The Morgan fingerprint density at radius 1 is 0.920 bits per heavy atom. The molecule has 1 aliphatic heterocycles. The molecular formula is C21H25NO3. The molecule has 2 aromatic carbocycles. The van der Waals surface area contributed by atoms with E-state index in [-0.39, 0.29) is 0 Å². The van der Waals surface area contributed by atoms with Crippen LogP contribution in [0.15, 0.2) is 53.5 Å². The Morgan fingerprint density at radius 3 is 1.88 bits per heavy atom. The lowest BCUT2D eigenvalue weighted by Gasteiger charge is -2.30. The highest BCUT2D eigenvalue weighted by Gasteiger charge is 2.41. The van der Waals surface area contributed by atoms with Crippen LogP contribution in [0.1, 0.15) is 37.3 Å². The van der Waals surface area contributed by atoms with Crippen molar-refractivity contribution in [1.82, 2.24) is 0 Å². The molecule has 25 heavy (non-hydrogen) atoms. The fourth-order valence-electron chi connectivity index (χ4n) is 3.11. The lowest BCUT2D eigenvalue weighted by Crippen LogP contribution is -2.32. The summed E-state index contributed by atoms with van der Waals surface area (Å²) in [4.78, 5) is 4.70. The third kappa shape index (κ3) is 3.48. The number of nitrogens with zero attached hydrogens (tertiary/aromatic N) is 1. The maximum Gasteiger partial charge on any atom is 0.185 e. The van der Waals surface area contributed by atoms with Gasteiger partial charge in [-0.15, -0.1) is 0 Å². The Morgan fingerprint density at radius 2 is 1.44 bits per heavy atom. The Hall–Kier alpha value is -2.49. The van der Waals surface area contributed by atoms with Gasteiger partial charge in [0.25, 0.3) is 0 Å². The van der Waals surface area contributed by atoms with Crippen LogP contribution in [-0.4, -0.2) is 26.7 Å². The van der Waals surface area contributed by atoms with Crippen LogP contribution in [0.25, 0.3) is 0 Å². The van der Waals surface area contributed by atoms with E-state index >= 15 is 0 Å². The van der Waals surface area contributed by atoms with Gasteiger partial charge in [0, 0.05) is 17.5 Å². The minimum atomic E-state index is -0.582. The van der Waals surface area contributed by atoms with Crippen LogP contribution in [0.3, 0.4) is 0 Å². The summed E-state index contributed by atoms with van der Waals surface area (Å²) >= 11 is 0. The first kappa shape index (κ1) is 17.3. The van der Waals surface area contributed by atoms with Gasteiger partial charge in [-0.2, -0.15) is 0 Å². The third-order valence-corrected chi connectivity index (χ3v) is 4.63. The minimum absolute atomic E-state index is 0.582. The highest BCUT2D eigenvalue weighted by Crippen LogP contribution is 2.39. The van der Waals surface area contributed by atoms with E-state index in [2.05, 4.69) is 31.2 Å². The topological polar surface area (TPSA) is 40.0 Å². The molecule has 0 N–H and O–H groups in total. The fraction of sp³-hybridized carbons (Fsp3) is 0.381. The quantitative estimate of drug-likeness (QED) is 0.742. The lowest BCUT2D eigenvalue weighted by atomic mass is 9.86. The summed E-state index contributed by atoms with van der Waals surface area (Å²) in [7, 11) is 3.35. The molecule has 0 saturated carbocycles. The van der Waals surface area contributed by atoms with Crippen molar-refractivity contribution >= 4 is 5.90 Å². The molecule has 0 aromatic heterocycles. The van der Waals surface area contributed by atoms with E-state index in [9.17, 15) is 0 Å². The van der Waals surface area contributed by atoms with E-state index in [1.807, 2.05) is 24.3 Å². The summed E-state index contributed by atoms with van der Waals surface area (Å²) in [6.07, 6.45) is 3.09. The standard InChI is InChI=1S/C21H25NO3/c1-4-5-6-20-22-15-21(25-20,16-7-11-18(23-2)12-8-16)17-9-13-19(24-3)14-10-17/h7-14H,4-6,15H2,1-3H3. The first-order valence-electron chi connectivity index (χ1n) is 8.73. The lowest BCUT2D eigenvalue weighted by molar-refractivity contribution is 0.127.